The molecule has 3 amide bonds. The van der Waals surface area contributed by atoms with Crippen molar-refractivity contribution >= 4 is 34.2 Å². The van der Waals surface area contributed by atoms with Crippen LogP contribution in [0.15, 0.2) is 29.8 Å². The number of pyridine rings is 1. The number of anilines is 1. The molecule has 284 valence electrons. The van der Waals surface area contributed by atoms with Gasteiger partial charge in [0.15, 0.2) is 5.13 Å². The summed E-state index contributed by atoms with van der Waals surface area (Å²) >= 11 is 1.28. The molecule has 0 bridgehead atoms. The lowest BCUT2D eigenvalue weighted by Gasteiger charge is -2.34. The Morgan fingerprint density at radius 3 is 2.27 bits per heavy atom. The fourth-order valence-electron chi connectivity index (χ4n) is 7.70. The van der Waals surface area contributed by atoms with Crippen LogP contribution in [0.25, 0.3) is 0 Å². The van der Waals surface area contributed by atoms with E-state index >= 15 is 0 Å². The number of nitrogens with two attached hydrogens (primary N) is 1. The van der Waals surface area contributed by atoms with E-state index in [1.165, 1.54) is 24.2 Å². The second kappa shape index (κ2) is 20.8. The number of rotatable bonds is 19. The van der Waals surface area contributed by atoms with Gasteiger partial charge >= 0.3 is 0 Å². The molecule has 2 aliphatic rings. The first-order valence-corrected chi connectivity index (χ1v) is 20.1. The summed E-state index contributed by atoms with van der Waals surface area (Å²) in [6, 6.07) is 5.07. The number of likely N-dealkylation sites (N-methyl/N-ethyl adjacent to an activating group) is 1. The van der Waals surface area contributed by atoms with Crippen LogP contribution < -0.4 is 11.1 Å². The minimum absolute atomic E-state index is 0.0591. The highest BCUT2D eigenvalue weighted by atomic mass is 32.1. The third-order valence-corrected chi connectivity index (χ3v) is 11.4. The van der Waals surface area contributed by atoms with E-state index in [4.69, 9.17) is 5.73 Å². The van der Waals surface area contributed by atoms with Crippen LogP contribution in [0.4, 0.5) is 5.13 Å². The molecule has 0 saturated heterocycles. The summed E-state index contributed by atoms with van der Waals surface area (Å²) in [6.45, 7) is 4.88. The van der Waals surface area contributed by atoms with E-state index in [1.807, 2.05) is 32.0 Å². The average Bonchev–Trinajstić information content (AvgIpc) is 3.54. The number of hydrogen-bond donors (Lipinski definition) is 4. The molecule has 12 heteroatoms. The monoisotopic (exact) mass is 726 g/mol. The zero-order valence-corrected chi connectivity index (χ0v) is 31.9. The SMILES string of the molecule is CC(C)C[C@H](O)[C@H](O)[C@H](CC1CCCCC1)NC(=O)[C@H](CC(=O)N(CC(=O)N(C)CCc1ccccn1)CC1CCCCC1)Cc1csc(N)n1. The van der Waals surface area contributed by atoms with E-state index in [0.717, 1.165) is 57.1 Å². The first-order chi connectivity index (χ1) is 24.5. The normalized spacial score (nSPS) is 18.2. The zero-order chi connectivity index (χ0) is 36.8. The fraction of sp³-hybridized carbons (Fsp3) is 0.718. The quantitative estimate of drug-likeness (QED) is 0.157. The predicted molar refractivity (Wildman–Crippen MR) is 202 cm³/mol. The van der Waals surface area contributed by atoms with E-state index in [1.54, 1.807) is 28.4 Å². The van der Waals surface area contributed by atoms with Crippen molar-refractivity contribution in [1.82, 2.24) is 25.1 Å². The highest BCUT2D eigenvalue weighted by Gasteiger charge is 2.35. The molecule has 0 unspecified atom stereocenters. The van der Waals surface area contributed by atoms with Crippen LogP contribution in [-0.4, -0.2) is 92.6 Å². The molecule has 2 aliphatic carbocycles. The Hall–Kier alpha value is -3.09. The number of amides is 3. The van der Waals surface area contributed by atoms with Gasteiger partial charge in [0.05, 0.1) is 30.3 Å². The molecular weight excluding hydrogens is 665 g/mol. The van der Waals surface area contributed by atoms with Crippen LogP contribution in [0, 0.1) is 23.7 Å². The highest BCUT2D eigenvalue weighted by molar-refractivity contribution is 7.13. The number of carbonyl (C=O) groups excluding carboxylic acids is 3. The van der Waals surface area contributed by atoms with Crippen LogP contribution in [0.5, 0.6) is 0 Å². The Morgan fingerprint density at radius 1 is 0.980 bits per heavy atom. The molecule has 2 saturated carbocycles. The summed E-state index contributed by atoms with van der Waals surface area (Å²) in [4.78, 5) is 54.1. The molecule has 5 N–H and O–H groups in total. The molecule has 2 fully saturated rings. The number of aromatic nitrogens is 2. The molecule has 11 nitrogen and oxygen atoms in total. The van der Waals surface area contributed by atoms with Crippen LogP contribution in [0.1, 0.15) is 109 Å². The van der Waals surface area contributed by atoms with Crippen molar-refractivity contribution in [3.8, 4) is 0 Å². The Kier molecular flexibility index (Phi) is 16.6. The van der Waals surface area contributed by atoms with Gasteiger partial charge < -0.3 is 31.1 Å². The third-order valence-electron chi connectivity index (χ3n) is 10.7. The van der Waals surface area contributed by atoms with Gasteiger partial charge in [0.2, 0.25) is 17.7 Å². The molecule has 4 atom stereocenters. The molecule has 0 aromatic carbocycles. The maximum Gasteiger partial charge on any atom is 0.241 e. The first kappa shape index (κ1) is 40.7. The summed E-state index contributed by atoms with van der Waals surface area (Å²) in [6.07, 6.45) is 12.2. The molecule has 2 aromatic rings. The highest BCUT2D eigenvalue weighted by Crippen LogP contribution is 2.30. The van der Waals surface area contributed by atoms with Gasteiger partial charge in [-0.2, -0.15) is 0 Å². The van der Waals surface area contributed by atoms with Crippen LogP contribution in [0.2, 0.25) is 0 Å². The zero-order valence-electron chi connectivity index (χ0n) is 31.0. The van der Waals surface area contributed by atoms with Crippen molar-refractivity contribution < 1.29 is 24.6 Å². The molecule has 51 heavy (non-hydrogen) atoms. The summed E-state index contributed by atoms with van der Waals surface area (Å²) in [7, 11) is 1.75. The Morgan fingerprint density at radius 2 is 1.67 bits per heavy atom. The van der Waals surface area contributed by atoms with Gasteiger partial charge in [0, 0.05) is 56.7 Å². The molecule has 0 aliphatic heterocycles. The van der Waals surface area contributed by atoms with E-state index < -0.39 is 24.2 Å². The molecule has 2 aromatic heterocycles. The number of aliphatic hydroxyl groups excluding tert-OH is 2. The minimum atomic E-state index is -1.13. The standard InChI is InChI=1S/C39H62N6O5S/c1-27(2)20-34(46)37(49)33(21-28-12-6-4-7-13-28)43-38(50)30(22-32-26-51-39(40)42-32)23-35(47)45(24-29-14-8-5-9-15-29)25-36(48)44(3)19-17-31-16-10-11-18-41-31/h10-11,16,18,26-30,33-34,37,46,49H,4-9,12-15,17,19-25H2,1-3H3,(H2,40,42)(H,43,50)/t30-,33-,34-,37+/m0/s1. The van der Waals surface area contributed by atoms with E-state index in [9.17, 15) is 24.6 Å². The van der Waals surface area contributed by atoms with Gasteiger partial charge in [-0.05, 0) is 55.6 Å². The van der Waals surface area contributed by atoms with Crippen molar-refractivity contribution in [2.75, 3.05) is 32.4 Å². The maximum atomic E-state index is 14.3. The van der Waals surface area contributed by atoms with Crippen molar-refractivity contribution in [3.63, 3.8) is 0 Å². The van der Waals surface area contributed by atoms with E-state index in [-0.39, 0.29) is 43.0 Å². The number of carbonyl (C=O) groups is 3. The Bertz CT molecular complexity index is 1350. The summed E-state index contributed by atoms with van der Waals surface area (Å²) in [5.41, 5.74) is 7.47. The number of nitrogen functional groups attached to an aromatic ring is 1. The molecular formula is C39H62N6O5S. The average molecular weight is 727 g/mol. The van der Waals surface area contributed by atoms with Gasteiger partial charge in [0.25, 0.3) is 0 Å². The molecule has 2 heterocycles. The third kappa shape index (κ3) is 13.8. The summed E-state index contributed by atoms with van der Waals surface area (Å²) < 4.78 is 0. The summed E-state index contributed by atoms with van der Waals surface area (Å²) in [5, 5.41) is 27.6. The summed E-state index contributed by atoms with van der Waals surface area (Å²) in [5.74, 6) is -0.741. The van der Waals surface area contributed by atoms with Gasteiger partial charge in [0.1, 0.15) is 6.10 Å². The van der Waals surface area contributed by atoms with Gasteiger partial charge in [-0.25, -0.2) is 4.98 Å². The molecule has 0 spiro atoms. The van der Waals surface area contributed by atoms with Crippen molar-refractivity contribution in [2.45, 2.75) is 128 Å². The number of hydrogen-bond acceptors (Lipinski definition) is 9. The van der Waals surface area contributed by atoms with Gasteiger partial charge in [-0.15, -0.1) is 11.3 Å². The van der Waals surface area contributed by atoms with Crippen molar-refractivity contribution in [1.29, 1.82) is 0 Å². The van der Waals surface area contributed by atoms with Crippen molar-refractivity contribution in [2.24, 2.45) is 23.7 Å². The van der Waals surface area contributed by atoms with Gasteiger partial charge in [-0.1, -0.05) is 71.3 Å². The second-order valence-corrected chi connectivity index (χ2v) is 16.4. The van der Waals surface area contributed by atoms with Crippen molar-refractivity contribution in [3.05, 3.63) is 41.2 Å². The topological polar surface area (TPSA) is 162 Å². The predicted octanol–water partition coefficient (Wildman–Crippen LogP) is 5.00. The van der Waals surface area contributed by atoms with E-state index in [2.05, 4.69) is 15.3 Å². The van der Waals surface area contributed by atoms with Crippen LogP contribution in [-0.2, 0) is 27.2 Å². The number of nitrogens with zero attached hydrogens (tertiary/aromatic N) is 4. The maximum absolute atomic E-state index is 14.3. The smallest absolute Gasteiger partial charge is 0.241 e. The number of thiazole rings is 1. The Balaban J connectivity index is 1.52. The second-order valence-electron chi connectivity index (χ2n) is 15.5. The lowest BCUT2D eigenvalue weighted by Crippen LogP contribution is -2.52. The number of nitrogens with one attached hydrogen (secondary N) is 1. The lowest BCUT2D eigenvalue weighted by atomic mass is 9.82. The van der Waals surface area contributed by atoms with Crippen LogP contribution in [0.3, 0.4) is 0 Å². The first-order valence-electron chi connectivity index (χ1n) is 19.3. The Labute approximate surface area is 308 Å². The molecule has 0 radical (unpaired) electrons. The lowest BCUT2D eigenvalue weighted by molar-refractivity contribution is -0.142. The molecule has 4 rings (SSSR count). The van der Waals surface area contributed by atoms with E-state index in [0.29, 0.717) is 55.0 Å². The van der Waals surface area contributed by atoms with Gasteiger partial charge in [-0.3, -0.25) is 19.4 Å². The minimum Gasteiger partial charge on any atom is -0.390 e. The largest absolute Gasteiger partial charge is 0.390 e. The number of aliphatic hydroxyl groups is 2. The fourth-order valence-corrected chi connectivity index (χ4v) is 8.27. The van der Waals surface area contributed by atoms with Crippen LogP contribution >= 0.6 is 11.3 Å².